The van der Waals surface area contributed by atoms with E-state index < -0.39 is 5.91 Å². The molecule has 1 N–H and O–H groups in total. The van der Waals surface area contributed by atoms with Gasteiger partial charge < -0.3 is 10.1 Å². The summed E-state index contributed by atoms with van der Waals surface area (Å²) in [5, 5.41) is 16.7. The van der Waals surface area contributed by atoms with Crippen molar-refractivity contribution in [1.29, 1.82) is 5.26 Å². The lowest BCUT2D eigenvalue weighted by Crippen LogP contribution is -2.16. The number of nitriles is 1. The highest BCUT2D eigenvalue weighted by Crippen LogP contribution is 2.22. The van der Waals surface area contributed by atoms with Crippen LogP contribution >= 0.6 is 0 Å². The maximum absolute atomic E-state index is 12.7. The number of benzene rings is 2. The van der Waals surface area contributed by atoms with Gasteiger partial charge in [-0.25, -0.2) is 4.68 Å². The minimum Gasteiger partial charge on any atom is -0.496 e. The second kappa shape index (κ2) is 8.23. The van der Waals surface area contributed by atoms with Gasteiger partial charge in [0.2, 0.25) is 0 Å². The molecule has 0 aliphatic heterocycles. The third kappa shape index (κ3) is 4.10. The molecule has 6 nitrogen and oxygen atoms in total. The summed E-state index contributed by atoms with van der Waals surface area (Å²) in [4.78, 5) is 12.7. The first kappa shape index (κ1) is 18.9. The van der Waals surface area contributed by atoms with Crippen LogP contribution in [0.4, 0.5) is 5.82 Å². The summed E-state index contributed by atoms with van der Waals surface area (Å²) in [7, 11) is 1.54. The average Bonchev–Trinajstić information content (AvgIpc) is 3.06. The van der Waals surface area contributed by atoms with Crippen molar-refractivity contribution >= 4 is 17.8 Å². The summed E-state index contributed by atoms with van der Waals surface area (Å²) >= 11 is 0. The maximum atomic E-state index is 12.7. The van der Waals surface area contributed by atoms with Crippen LogP contribution in [-0.4, -0.2) is 22.8 Å². The van der Waals surface area contributed by atoms with Gasteiger partial charge in [-0.05, 0) is 38.1 Å². The quantitative estimate of drug-likeness (QED) is 0.541. The van der Waals surface area contributed by atoms with E-state index in [9.17, 15) is 10.1 Å². The molecule has 1 amide bonds. The molecule has 0 radical (unpaired) electrons. The Morgan fingerprint density at radius 2 is 1.89 bits per heavy atom. The molecule has 3 aromatic rings. The molecule has 6 heteroatoms. The molecule has 1 heterocycles. The fraction of sp³-hybridized carbons (Fsp3) is 0.136. The number of nitrogens with zero attached hydrogens (tertiary/aromatic N) is 3. The number of aryl methyl sites for hydroxylation is 2. The van der Waals surface area contributed by atoms with E-state index in [2.05, 4.69) is 10.4 Å². The van der Waals surface area contributed by atoms with E-state index in [4.69, 9.17) is 4.74 Å². The summed E-state index contributed by atoms with van der Waals surface area (Å²) in [5.74, 6) is 0.567. The molecule has 1 aromatic heterocycles. The molecule has 0 saturated heterocycles. The molecule has 0 atom stereocenters. The SMILES string of the molecule is COc1ccccc1/C=C(\C#N)C(=O)Nc1cc(C)nn1-c1ccc(C)cc1. The number of para-hydroxylation sites is 1. The van der Waals surface area contributed by atoms with Crippen molar-refractivity contribution in [3.05, 3.63) is 77.0 Å². The van der Waals surface area contributed by atoms with Gasteiger partial charge in [0.1, 0.15) is 23.2 Å². The predicted molar refractivity (Wildman–Crippen MR) is 108 cm³/mol. The molecule has 0 bridgehead atoms. The maximum Gasteiger partial charge on any atom is 0.267 e. The van der Waals surface area contributed by atoms with E-state index in [0.29, 0.717) is 17.1 Å². The van der Waals surface area contributed by atoms with Gasteiger partial charge in [0.25, 0.3) is 5.91 Å². The number of aromatic nitrogens is 2. The average molecular weight is 372 g/mol. The molecule has 0 fully saturated rings. The Balaban J connectivity index is 1.91. The van der Waals surface area contributed by atoms with E-state index in [1.807, 2.05) is 56.3 Å². The number of hydrogen-bond donors (Lipinski definition) is 1. The molecule has 2 aromatic carbocycles. The van der Waals surface area contributed by atoms with Gasteiger partial charge >= 0.3 is 0 Å². The lowest BCUT2D eigenvalue weighted by Gasteiger charge is -2.09. The van der Waals surface area contributed by atoms with Crippen LogP contribution in [0.25, 0.3) is 11.8 Å². The number of hydrogen-bond acceptors (Lipinski definition) is 4. The molecule has 0 aliphatic rings. The highest BCUT2D eigenvalue weighted by molar-refractivity contribution is 6.09. The first-order valence-electron chi connectivity index (χ1n) is 8.71. The molecule has 0 spiro atoms. The van der Waals surface area contributed by atoms with Crippen molar-refractivity contribution in [2.24, 2.45) is 0 Å². The Morgan fingerprint density at radius 1 is 1.18 bits per heavy atom. The zero-order valence-electron chi connectivity index (χ0n) is 15.9. The molecule has 3 rings (SSSR count). The Labute approximate surface area is 163 Å². The van der Waals surface area contributed by atoms with Crippen molar-refractivity contribution in [1.82, 2.24) is 9.78 Å². The minimum atomic E-state index is -0.512. The number of carbonyl (C=O) groups excluding carboxylic acids is 1. The smallest absolute Gasteiger partial charge is 0.267 e. The second-order valence-corrected chi connectivity index (χ2v) is 6.28. The fourth-order valence-electron chi connectivity index (χ4n) is 2.74. The number of ether oxygens (including phenoxy) is 1. The Hall–Kier alpha value is -3.85. The van der Waals surface area contributed by atoms with E-state index in [-0.39, 0.29) is 5.57 Å². The van der Waals surface area contributed by atoms with Crippen LogP contribution in [0, 0.1) is 25.2 Å². The Bertz CT molecular complexity index is 1070. The zero-order chi connectivity index (χ0) is 20.1. The van der Waals surface area contributed by atoms with Crippen LogP contribution in [0.3, 0.4) is 0 Å². The van der Waals surface area contributed by atoms with Gasteiger partial charge in [-0.3, -0.25) is 4.79 Å². The van der Waals surface area contributed by atoms with Gasteiger partial charge in [-0.15, -0.1) is 0 Å². The van der Waals surface area contributed by atoms with Crippen LogP contribution in [0.5, 0.6) is 5.75 Å². The molecule has 28 heavy (non-hydrogen) atoms. The summed E-state index contributed by atoms with van der Waals surface area (Å²) < 4.78 is 6.92. The number of carbonyl (C=O) groups is 1. The number of nitrogens with one attached hydrogen (secondary N) is 1. The molecule has 0 saturated carbocycles. The predicted octanol–water partition coefficient (Wildman–Crippen LogP) is 4.04. The lowest BCUT2D eigenvalue weighted by atomic mass is 10.1. The van der Waals surface area contributed by atoms with E-state index in [1.165, 1.54) is 6.08 Å². The van der Waals surface area contributed by atoms with E-state index >= 15 is 0 Å². The topological polar surface area (TPSA) is 79.9 Å². The normalized spacial score (nSPS) is 11.0. The highest BCUT2D eigenvalue weighted by Gasteiger charge is 2.15. The van der Waals surface area contributed by atoms with Gasteiger partial charge in [-0.1, -0.05) is 35.9 Å². The number of amides is 1. The van der Waals surface area contributed by atoms with Crippen molar-refractivity contribution in [3.63, 3.8) is 0 Å². The van der Waals surface area contributed by atoms with E-state index in [0.717, 1.165) is 16.9 Å². The third-order valence-electron chi connectivity index (χ3n) is 4.16. The molecule has 140 valence electrons. The van der Waals surface area contributed by atoms with Gasteiger partial charge in [0, 0.05) is 11.6 Å². The summed E-state index contributed by atoms with van der Waals surface area (Å²) in [6.45, 7) is 3.85. The Morgan fingerprint density at radius 3 is 2.57 bits per heavy atom. The number of anilines is 1. The molecular weight excluding hydrogens is 352 g/mol. The van der Waals surface area contributed by atoms with Gasteiger partial charge in [0.15, 0.2) is 0 Å². The standard InChI is InChI=1S/C22H20N4O2/c1-15-8-10-19(11-9-15)26-21(12-16(2)25-26)24-22(27)18(14-23)13-17-6-4-5-7-20(17)28-3/h4-13H,1-3H3,(H,24,27)/b18-13+. The Kier molecular flexibility index (Phi) is 5.56. The van der Waals surface area contributed by atoms with Crippen LogP contribution in [0.1, 0.15) is 16.8 Å². The molecular formula is C22H20N4O2. The van der Waals surface area contributed by atoms with Crippen molar-refractivity contribution in [3.8, 4) is 17.5 Å². The van der Waals surface area contributed by atoms with Crippen molar-refractivity contribution in [2.45, 2.75) is 13.8 Å². The summed E-state index contributed by atoms with van der Waals surface area (Å²) in [5.41, 5.74) is 3.33. The van der Waals surface area contributed by atoms with Crippen LogP contribution in [0.2, 0.25) is 0 Å². The van der Waals surface area contributed by atoms with Gasteiger partial charge in [0.05, 0.1) is 18.5 Å². The summed E-state index contributed by atoms with van der Waals surface area (Å²) in [6.07, 6.45) is 1.51. The lowest BCUT2D eigenvalue weighted by molar-refractivity contribution is -0.112. The molecule has 0 unspecified atom stereocenters. The highest BCUT2D eigenvalue weighted by atomic mass is 16.5. The van der Waals surface area contributed by atoms with Crippen LogP contribution < -0.4 is 10.1 Å². The zero-order valence-corrected chi connectivity index (χ0v) is 15.9. The van der Waals surface area contributed by atoms with Crippen molar-refractivity contribution in [2.75, 3.05) is 12.4 Å². The third-order valence-corrected chi connectivity index (χ3v) is 4.16. The largest absolute Gasteiger partial charge is 0.496 e. The van der Waals surface area contributed by atoms with E-state index in [1.54, 1.807) is 30.0 Å². The number of methoxy groups -OCH3 is 1. The molecule has 0 aliphatic carbocycles. The van der Waals surface area contributed by atoms with Crippen LogP contribution in [-0.2, 0) is 4.79 Å². The van der Waals surface area contributed by atoms with Gasteiger partial charge in [-0.2, -0.15) is 10.4 Å². The fourth-order valence-corrected chi connectivity index (χ4v) is 2.74. The first-order valence-corrected chi connectivity index (χ1v) is 8.71. The minimum absolute atomic E-state index is 0.0289. The van der Waals surface area contributed by atoms with Crippen molar-refractivity contribution < 1.29 is 9.53 Å². The summed E-state index contributed by atoms with van der Waals surface area (Å²) in [6, 6.07) is 18.7. The number of rotatable bonds is 5. The monoisotopic (exact) mass is 372 g/mol. The van der Waals surface area contributed by atoms with Crippen LogP contribution in [0.15, 0.2) is 60.2 Å². The first-order chi connectivity index (χ1) is 13.5. The second-order valence-electron chi connectivity index (χ2n) is 6.28.